The molecule has 20 heavy (non-hydrogen) atoms. The molecule has 106 valence electrons. The van der Waals surface area contributed by atoms with E-state index in [2.05, 4.69) is 4.98 Å². The van der Waals surface area contributed by atoms with Crippen LogP contribution < -0.4 is 0 Å². The first-order valence-electron chi connectivity index (χ1n) is 6.36. The second-order valence-electron chi connectivity index (χ2n) is 5.00. The molecule has 2 atom stereocenters. The van der Waals surface area contributed by atoms with Gasteiger partial charge >= 0.3 is 5.97 Å². The summed E-state index contributed by atoms with van der Waals surface area (Å²) >= 11 is 1.51. The van der Waals surface area contributed by atoms with Crippen LogP contribution in [-0.4, -0.2) is 44.0 Å². The third-order valence-electron chi connectivity index (χ3n) is 3.55. The summed E-state index contributed by atoms with van der Waals surface area (Å²) in [7, 11) is 0. The smallest absolute Gasteiger partial charge is 0.327 e. The Morgan fingerprint density at radius 3 is 2.70 bits per heavy atom. The predicted molar refractivity (Wildman–Crippen MR) is 70.8 cm³/mol. The van der Waals surface area contributed by atoms with Gasteiger partial charge in [0.05, 0.1) is 10.9 Å². The van der Waals surface area contributed by atoms with Crippen LogP contribution in [0.5, 0.6) is 0 Å². The minimum atomic E-state index is -0.996. The largest absolute Gasteiger partial charge is 0.480 e. The fraction of sp³-hybridized carbons (Fsp3) is 0.462. The summed E-state index contributed by atoms with van der Waals surface area (Å²) in [4.78, 5) is 28.7. The molecule has 1 saturated heterocycles. The third-order valence-corrected chi connectivity index (χ3v) is 5.02. The second kappa shape index (κ2) is 5.05. The third kappa shape index (κ3) is 2.37. The molecule has 1 aromatic rings. The Hall–Kier alpha value is -1.63. The van der Waals surface area contributed by atoms with E-state index in [9.17, 15) is 19.1 Å². The maximum atomic E-state index is 12.8. The Balaban J connectivity index is 1.88. The number of halogens is 1. The molecular formula is C13H13FN2O3S. The lowest BCUT2D eigenvalue weighted by Gasteiger charge is -2.27. The number of carbonyl (C=O) groups is 2. The lowest BCUT2D eigenvalue weighted by atomic mass is 10.2. The predicted octanol–water partition coefficient (Wildman–Crippen LogP) is 1.60. The number of rotatable bonds is 3. The maximum Gasteiger partial charge on any atom is 0.327 e. The average Bonchev–Trinajstić information content (AvgIpc) is 3.17. The quantitative estimate of drug-likeness (QED) is 0.858. The normalized spacial score (nSPS) is 25.8. The van der Waals surface area contributed by atoms with Crippen molar-refractivity contribution >= 4 is 23.6 Å². The van der Waals surface area contributed by atoms with Gasteiger partial charge in [-0.15, -0.1) is 11.8 Å². The summed E-state index contributed by atoms with van der Waals surface area (Å²) < 4.78 is 12.8. The van der Waals surface area contributed by atoms with E-state index < -0.39 is 18.0 Å². The van der Waals surface area contributed by atoms with Crippen LogP contribution in [0, 0.1) is 11.9 Å². The standard InChI is InChI=1S/C13H13FN2O3S/c14-10-4-3-8(5-15-10)11(17)16-9(13(18)19)6-20-12(16)7-1-2-7/h3-5,7,9,12H,1-2,6H2,(H,18,19). The molecule has 2 heterocycles. The van der Waals surface area contributed by atoms with Crippen LogP contribution in [0.3, 0.4) is 0 Å². The molecule has 1 N–H and O–H groups in total. The van der Waals surface area contributed by atoms with Gasteiger partial charge in [-0.1, -0.05) is 0 Å². The van der Waals surface area contributed by atoms with Gasteiger partial charge in [0, 0.05) is 11.9 Å². The first kappa shape index (κ1) is 13.4. The number of carboxylic acids is 1. The van der Waals surface area contributed by atoms with Crippen molar-refractivity contribution in [2.75, 3.05) is 5.75 Å². The van der Waals surface area contributed by atoms with E-state index in [1.807, 2.05) is 0 Å². The van der Waals surface area contributed by atoms with Crippen LogP contribution in [0.25, 0.3) is 0 Å². The highest BCUT2D eigenvalue weighted by Gasteiger charge is 2.48. The molecule has 2 unspecified atom stereocenters. The number of hydrogen-bond acceptors (Lipinski definition) is 4. The van der Waals surface area contributed by atoms with Gasteiger partial charge in [0.15, 0.2) is 0 Å². The first-order valence-corrected chi connectivity index (χ1v) is 7.41. The zero-order valence-corrected chi connectivity index (χ0v) is 11.3. The lowest BCUT2D eigenvalue weighted by Crippen LogP contribution is -2.46. The first-order chi connectivity index (χ1) is 9.58. The van der Waals surface area contributed by atoms with Gasteiger partial charge in [-0.05, 0) is 30.9 Å². The van der Waals surface area contributed by atoms with Gasteiger partial charge in [0.2, 0.25) is 5.95 Å². The number of carbonyl (C=O) groups excluding carboxylic acids is 1. The minimum Gasteiger partial charge on any atom is -0.480 e. The molecule has 7 heteroatoms. The highest BCUT2D eigenvalue weighted by molar-refractivity contribution is 8.00. The summed E-state index contributed by atoms with van der Waals surface area (Å²) in [5.74, 6) is -1.26. The fourth-order valence-electron chi connectivity index (χ4n) is 2.37. The Labute approximate surface area is 119 Å². The number of carboxylic acid groups (broad SMARTS) is 1. The Morgan fingerprint density at radius 2 is 2.15 bits per heavy atom. The van der Waals surface area contributed by atoms with E-state index in [0.717, 1.165) is 25.1 Å². The van der Waals surface area contributed by atoms with Crippen molar-refractivity contribution < 1.29 is 19.1 Å². The minimum absolute atomic E-state index is 0.0892. The van der Waals surface area contributed by atoms with Gasteiger partial charge in [0.25, 0.3) is 5.91 Å². The van der Waals surface area contributed by atoms with E-state index in [1.54, 1.807) is 0 Å². The van der Waals surface area contributed by atoms with Crippen LogP contribution >= 0.6 is 11.8 Å². The molecule has 1 aromatic heterocycles. The van der Waals surface area contributed by atoms with Gasteiger partial charge in [-0.25, -0.2) is 9.78 Å². The second-order valence-corrected chi connectivity index (χ2v) is 6.15. The maximum absolute atomic E-state index is 12.8. The van der Waals surface area contributed by atoms with Crippen molar-refractivity contribution in [3.8, 4) is 0 Å². The SMILES string of the molecule is O=C(O)C1CSC(C2CC2)N1C(=O)c1ccc(F)nc1. The van der Waals surface area contributed by atoms with Gasteiger partial charge < -0.3 is 10.0 Å². The summed E-state index contributed by atoms with van der Waals surface area (Å²) in [6.45, 7) is 0. The monoisotopic (exact) mass is 296 g/mol. The van der Waals surface area contributed by atoms with E-state index >= 15 is 0 Å². The van der Waals surface area contributed by atoms with Crippen LogP contribution in [0.1, 0.15) is 23.2 Å². The molecule has 0 radical (unpaired) electrons. The van der Waals surface area contributed by atoms with Crippen LogP contribution in [-0.2, 0) is 4.79 Å². The van der Waals surface area contributed by atoms with Gasteiger partial charge in [0.1, 0.15) is 6.04 Å². The Kier molecular flexibility index (Phi) is 3.37. The number of pyridine rings is 1. The molecule has 5 nitrogen and oxygen atoms in total. The molecule has 2 aliphatic rings. The molecule has 1 aliphatic carbocycles. The number of aromatic nitrogens is 1. The summed E-state index contributed by atoms with van der Waals surface area (Å²) in [5.41, 5.74) is 0.228. The van der Waals surface area contributed by atoms with Crippen molar-refractivity contribution in [2.45, 2.75) is 24.3 Å². The molecule has 2 fully saturated rings. The Bertz CT molecular complexity index is 547. The summed E-state index contributed by atoms with van der Waals surface area (Å²) in [6, 6.07) is 1.64. The molecule has 0 aromatic carbocycles. The molecule has 1 amide bonds. The highest BCUT2D eigenvalue weighted by atomic mass is 32.2. The highest BCUT2D eigenvalue weighted by Crippen LogP contribution is 2.45. The van der Waals surface area contributed by atoms with Gasteiger partial charge in [-0.2, -0.15) is 4.39 Å². The number of amides is 1. The molecule has 1 aliphatic heterocycles. The molecule has 3 rings (SSSR count). The van der Waals surface area contributed by atoms with Crippen molar-refractivity contribution in [2.24, 2.45) is 5.92 Å². The number of aliphatic carboxylic acids is 1. The van der Waals surface area contributed by atoms with Crippen LogP contribution in [0.4, 0.5) is 4.39 Å². The van der Waals surface area contributed by atoms with Crippen molar-refractivity contribution in [3.63, 3.8) is 0 Å². The van der Waals surface area contributed by atoms with Crippen molar-refractivity contribution in [1.29, 1.82) is 0 Å². The number of nitrogens with zero attached hydrogens (tertiary/aromatic N) is 2. The number of thioether (sulfide) groups is 1. The van der Waals surface area contributed by atoms with E-state index in [1.165, 1.54) is 22.7 Å². The zero-order chi connectivity index (χ0) is 14.3. The van der Waals surface area contributed by atoms with Crippen molar-refractivity contribution in [1.82, 2.24) is 9.88 Å². The molecule has 0 bridgehead atoms. The zero-order valence-electron chi connectivity index (χ0n) is 10.5. The topological polar surface area (TPSA) is 70.5 Å². The molecule has 0 spiro atoms. The fourth-order valence-corrected chi connectivity index (χ4v) is 4.00. The molecule has 1 saturated carbocycles. The number of hydrogen-bond donors (Lipinski definition) is 1. The van der Waals surface area contributed by atoms with E-state index in [0.29, 0.717) is 11.7 Å². The van der Waals surface area contributed by atoms with Gasteiger partial charge in [-0.3, -0.25) is 4.79 Å². The van der Waals surface area contributed by atoms with Crippen molar-refractivity contribution in [3.05, 3.63) is 29.8 Å². The lowest BCUT2D eigenvalue weighted by molar-refractivity contribution is -0.141. The van der Waals surface area contributed by atoms with E-state index in [-0.39, 0.29) is 16.8 Å². The molecular weight excluding hydrogens is 283 g/mol. The summed E-state index contributed by atoms with van der Waals surface area (Å²) in [6.07, 6.45) is 3.20. The summed E-state index contributed by atoms with van der Waals surface area (Å²) in [5, 5.41) is 9.17. The van der Waals surface area contributed by atoms with E-state index in [4.69, 9.17) is 0 Å². The average molecular weight is 296 g/mol. The van der Waals surface area contributed by atoms with Crippen LogP contribution in [0.15, 0.2) is 18.3 Å². The Morgan fingerprint density at radius 1 is 1.40 bits per heavy atom. The van der Waals surface area contributed by atoms with Crippen LogP contribution in [0.2, 0.25) is 0 Å².